The smallest absolute Gasteiger partial charge is 0.295 e. The van der Waals surface area contributed by atoms with E-state index in [1.807, 2.05) is 42.5 Å². The predicted octanol–water partition coefficient (Wildman–Crippen LogP) is 3.97. The highest BCUT2D eigenvalue weighted by Gasteiger charge is 2.21. The molecular weight excluding hydrogens is 358 g/mol. The van der Waals surface area contributed by atoms with Gasteiger partial charge in [0.05, 0.1) is 23.1 Å². The van der Waals surface area contributed by atoms with Crippen LogP contribution in [0.4, 0.5) is 5.69 Å². The van der Waals surface area contributed by atoms with Gasteiger partial charge < -0.3 is 4.74 Å². The summed E-state index contributed by atoms with van der Waals surface area (Å²) in [7, 11) is 1.46. The second-order valence-corrected chi connectivity index (χ2v) is 6.09. The fourth-order valence-corrected chi connectivity index (χ4v) is 3.12. The Morgan fingerprint density at radius 1 is 0.964 bits per heavy atom. The molecule has 1 heterocycles. The first kappa shape index (κ1) is 17.4. The number of rotatable bonds is 4. The molecule has 4 aromatic rings. The van der Waals surface area contributed by atoms with Crippen LogP contribution in [0.1, 0.15) is 0 Å². The molecule has 0 aliphatic heterocycles. The molecule has 0 atom stereocenters. The van der Waals surface area contributed by atoms with Crippen molar-refractivity contribution >= 4 is 16.5 Å². The molecule has 138 valence electrons. The van der Waals surface area contributed by atoms with Crippen molar-refractivity contribution in [2.75, 3.05) is 7.11 Å². The van der Waals surface area contributed by atoms with Gasteiger partial charge in [0.15, 0.2) is 0 Å². The maximum absolute atomic E-state index is 13.1. The van der Waals surface area contributed by atoms with Crippen LogP contribution in [-0.2, 0) is 0 Å². The highest BCUT2D eigenvalue weighted by Crippen LogP contribution is 2.29. The Hall–Kier alpha value is -4.00. The number of nitrogens with zero attached hydrogens (tertiary/aromatic N) is 3. The van der Waals surface area contributed by atoms with Crippen LogP contribution in [-0.4, -0.2) is 21.8 Å². The molecule has 0 amide bonds. The van der Waals surface area contributed by atoms with Crippen molar-refractivity contribution in [3.05, 3.63) is 93.3 Å². The van der Waals surface area contributed by atoms with E-state index in [9.17, 15) is 14.9 Å². The van der Waals surface area contributed by atoms with Gasteiger partial charge in [-0.1, -0.05) is 48.5 Å². The Kier molecular flexibility index (Phi) is 4.33. The van der Waals surface area contributed by atoms with E-state index in [2.05, 4.69) is 5.10 Å². The average Bonchev–Trinajstić information content (AvgIpc) is 2.74. The summed E-state index contributed by atoms with van der Waals surface area (Å²) >= 11 is 0. The van der Waals surface area contributed by atoms with Crippen LogP contribution in [0.5, 0.6) is 5.75 Å². The number of fused-ring (bicyclic) bond motifs is 1. The minimum atomic E-state index is -0.541. The number of hydrogen-bond donors (Lipinski definition) is 0. The summed E-state index contributed by atoms with van der Waals surface area (Å²) in [5, 5.41) is 17.2. The van der Waals surface area contributed by atoms with Crippen LogP contribution in [0, 0.1) is 10.1 Å². The molecule has 7 nitrogen and oxygen atoms in total. The van der Waals surface area contributed by atoms with Crippen molar-refractivity contribution < 1.29 is 9.66 Å². The summed E-state index contributed by atoms with van der Waals surface area (Å²) in [5.41, 5.74) is 0.750. The molecule has 1 aromatic heterocycles. The predicted molar refractivity (Wildman–Crippen MR) is 106 cm³/mol. The highest BCUT2D eigenvalue weighted by atomic mass is 16.6. The third-order valence-electron chi connectivity index (χ3n) is 4.46. The van der Waals surface area contributed by atoms with Crippen molar-refractivity contribution in [3.63, 3.8) is 0 Å². The second kappa shape index (κ2) is 6.96. The molecule has 0 spiro atoms. The minimum absolute atomic E-state index is 0.0530. The van der Waals surface area contributed by atoms with Crippen molar-refractivity contribution in [2.24, 2.45) is 0 Å². The van der Waals surface area contributed by atoms with Crippen molar-refractivity contribution in [1.29, 1.82) is 0 Å². The lowest BCUT2D eigenvalue weighted by Gasteiger charge is -2.12. The molecule has 0 N–H and O–H groups in total. The van der Waals surface area contributed by atoms with E-state index in [4.69, 9.17) is 4.74 Å². The molecule has 4 rings (SSSR count). The van der Waals surface area contributed by atoms with E-state index >= 15 is 0 Å². The summed E-state index contributed by atoms with van der Waals surface area (Å²) in [6, 6.07) is 20.7. The molecule has 0 saturated heterocycles. The van der Waals surface area contributed by atoms with Gasteiger partial charge >= 0.3 is 0 Å². The molecule has 0 bridgehead atoms. The van der Waals surface area contributed by atoms with Gasteiger partial charge in [-0.25, -0.2) is 0 Å². The van der Waals surface area contributed by atoms with Gasteiger partial charge in [-0.15, -0.1) is 0 Å². The number of hydrogen-bond acceptors (Lipinski definition) is 5. The molecule has 0 aliphatic rings. The zero-order valence-electron chi connectivity index (χ0n) is 14.9. The van der Waals surface area contributed by atoms with Crippen LogP contribution in [0.2, 0.25) is 0 Å². The van der Waals surface area contributed by atoms with E-state index in [0.29, 0.717) is 22.2 Å². The van der Waals surface area contributed by atoms with Gasteiger partial charge in [-0.05, 0) is 12.1 Å². The summed E-state index contributed by atoms with van der Waals surface area (Å²) in [6.07, 6.45) is 0. The van der Waals surface area contributed by atoms with E-state index in [0.717, 1.165) is 10.2 Å². The molecule has 0 aliphatic carbocycles. The maximum Gasteiger partial charge on any atom is 0.295 e. The number of methoxy groups -OCH3 is 1. The van der Waals surface area contributed by atoms with Gasteiger partial charge in [-0.2, -0.15) is 9.78 Å². The van der Waals surface area contributed by atoms with E-state index in [-0.39, 0.29) is 11.4 Å². The van der Waals surface area contributed by atoms with Crippen LogP contribution in [0.25, 0.3) is 27.7 Å². The monoisotopic (exact) mass is 373 g/mol. The van der Waals surface area contributed by atoms with E-state index in [1.54, 1.807) is 12.1 Å². The number of benzene rings is 3. The number of aromatic nitrogens is 2. The Labute approximate surface area is 159 Å². The fraction of sp³-hybridized carbons (Fsp3) is 0.0476. The van der Waals surface area contributed by atoms with Crippen LogP contribution >= 0.6 is 0 Å². The van der Waals surface area contributed by atoms with Crippen LogP contribution in [0.3, 0.4) is 0 Å². The van der Waals surface area contributed by atoms with Gasteiger partial charge in [0.2, 0.25) is 0 Å². The Morgan fingerprint density at radius 3 is 2.32 bits per heavy atom. The first-order valence-corrected chi connectivity index (χ1v) is 8.50. The van der Waals surface area contributed by atoms with Crippen molar-refractivity contribution in [1.82, 2.24) is 9.78 Å². The summed E-state index contributed by atoms with van der Waals surface area (Å²) < 4.78 is 6.26. The first-order chi connectivity index (χ1) is 13.6. The van der Waals surface area contributed by atoms with Crippen molar-refractivity contribution in [2.45, 2.75) is 0 Å². The molecule has 28 heavy (non-hydrogen) atoms. The Bertz CT molecular complexity index is 1250. The lowest BCUT2D eigenvalue weighted by Crippen LogP contribution is -2.23. The number of nitro groups is 1. The molecule has 0 fully saturated rings. The third-order valence-corrected chi connectivity index (χ3v) is 4.46. The second-order valence-electron chi connectivity index (χ2n) is 6.09. The molecule has 0 radical (unpaired) electrons. The quantitative estimate of drug-likeness (QED) is 0.399. The van der Waals surface area contributed by atoms with Crippen molar-refractivity contribution in [3.8, 4) is 22.7 Å². The average molecular weight is 373 g/mol. The lowest BCUT2D eigenvalue weighted by atomic mass is 10.1. The Morgan fingerprint density at radius 2 is 1.64 bits per heavy atom. The fourth-order valence-electron chi connectivity index (χ4n) is 3.12. The molecule has 0 unspecified atom stereocenters. The Balaban J connectivity index is 2.11. The molecular formula is C21H15N3O4. The summed E-state index contributed by atoms with van der Waals surface area (Å²) in [5.74, 6) is 0.392. The number of nitro benzene ring substituents is 1. The first-order valence-electron chi connectivity index (χ1n) is 8.50. The standard InChI is InChI=1S/C21H15N3O4/c1-28-15-11-12-18(24(26)27)19(13-15)23-21(25)17-10-6-5-9-16(17)20(22-23)14-7-3-2-4-8-14/h2-13H,1H3. The zero-order valence-corrected chi connectivity index (χ0v) is 14.9. The molecule has 0 saturated carbocycles. The highest BCUT2D eigenvalue weighted by molar-refractivity contribution is 5.94. The molecule has 7 heteroatoms. The SMILES string of the molecule is COc1ccc([N+](=O)[O-])c(-n2nc(-c3ccccc3)c3ccccc3c2=O)c1. The largest absolute Gasteiger partial charge is 0.497 e. The topological polar surface area (TPSA) is 87.3 Å². The minimum Gasteiger partial charge on any atom is -0.497 e. The van der Waals surface area contributed by atoms with Crippen LogP contribution < -0.4 is 10.3 Å². The van der Waals surface area contributed by atoms with Crippen LogP contribution in [0.15, 0.2) is 77.6 Å². The lowest BCUT2D eigenvalue weighted by molar-refractivity contribution is -0.384. The summed E-state index contributed by atoms with van der Waals surface area (Å²) in [4.78, 5) is 24.1. The van der Waals surface area contributed by atoms with Gasteiger partial charge in [-0.3, -0.25) is 14.9 Å². The summed E-state index contributed by atoms with van der Waals surface area (Å²) in [6.45, 7) is 0. The number of ether oxygens (including phenoxy) is 1. The third kappa shape index (κ3) is 2.88. The normalized spacial score (nSPS) is 10.8. The van der Waals surface area contributed by atoms with Gasteiger partial charge in [0.25, 0.3) is 11.2 Å². The van der Waals surface area contributed by atoms with Gasteiger partial charge in [0.1, 0.15) is 11.4 Å². The molecule has 3 aromatic carbocycles. The zero-order chi connectivity index (χ0) is 19.7. The maximum atomic E-state index is 13.1. The van der Waals surface area contributed by atoms with E-state index in [1.165, 1.54) is 25.3 Å². The van der Waals surface area contributed by atoms with E-state index < -0.39 is 10.5 Å². The van der Waals surface area contributed by atoms with Gasteiger partial charge in [0, 0.05) is 23.1 Å².